The zero-order valence-corrected chi connectivity index (χ0v) is 23.0. The molecule has 202 valence electrons. The van der Waals surface area contributed by atoms with Gasteiger partial charge in [-0.1, -0.05) is 59.7 Å². The lowest BCUT2D eigenvalue weighted by atomic mass is 10.1. The Labute approximate surface area is 234 Å². The predicted molar refractivity (Wildman–Crippen MR) is 167 cm³/mol. The second kappa shape index (κ2) is 11.9. The fourth-order valence-electron chi connectivity index (χ4n) is 5.21. The van der Waals surface area contributed by atoms with E-state index in [1.165, 1.54) is 11.1 Å². The van der Waals surface area contributed by atoms with Crippen LogP contribution in [0.4, 0.5) is 11.4 Å². The van der Waals surface area contributed by atoms with Gasteiger partial charge in [0.05, 0.1) is 59.9 Å². The largest absolute Gasteiger partial charge is 0.382 e. The first-order valence-electron chi connectivity index (χ1n) is 13.9. The Bertz CT molecular complexity index is 1670. The average Bonchev–Trinajstić information content (AvgIpc) is 2.97. The molecule has 2 heterocycles. The summed E-state index contributed by atoms with van der Waals surface area (Å²) in [5, 5.41) is 11.7. The van der Waals surface area contributed by atoms with E-state index in [0.717, 1.165) is 55.0 Å². The summed E-state index contributed by atoms with van der Waals surface area (Å²) in [6.45, 7) is 7.94. The number of nitrogens with zero attached hydrogens (tertiary/aromatic N) is 2. The van der Waals surface area contributed by atoms with E-state index in [1.54, 1.807) is 0 Å². The topological polar surface area (TPSA) is 68.3 Å². The van der Waals surface area contributed by atoms with E-state index in [-0.39, 0.29) is 0 Å². The molecule has 0 aliphatic heterocycles. The van der Waals surface area contributed by atoms with Gasteiger partial charge in [0.15, 0.2) is 0 Å². The van der Waals surface area contributed by atoms with Crippen LogP contribution >= 0.6 is 0 Å². The van der Waals surface area contributed by atoms with Gasteiger partial charge in [-0.15, -0.1) is 0 Å². The first kappa shape index (κ1) is 26.0. The van der Waals surface area contributed by atoms with Gasteiger partial charge in [0.2, 0.25) is 0 Å². The highest BCUT2D eigenvalue weighted by molar-refractivity contribution is 6.08. The van der Waals surface area contributed by atoms with Crippen molar-refractivity contribution in [2.75, 3.05) is 50.2 Å². The van der Waals surface area contributed by atoms with Crippen LogP contribution in [0.2, 0.25) is 0 Å². The third kappa shape index (κ3) is 5.55. The number of fused-ring (bicyclic) bond motifs is 4. The number of ether oxygens (including phenoxy) is 2. The van der Waals surface area contributed by atoms with Crippen molar-refractivity contribution in [1.82, 2.24) is 9.97 Å². The molecule has 0 saturated carbocycles. The molecule has 0 saturated heterocycles. The predicted octanol–water partition coefficient (Wildman–Crippen LogP) is 7.26. The zero-order chi connectivity index (χ0) is 27.3. The SMILES string of the molecule is Cc1ccc2nc3ccccc3c(NCCOCCOCCNc3c4ccccc4nc4ccc(C)cc34)c2c1. The minimum absolute atomic E-state index is 0.555. The molecular weight excluding hydrogens is 496 g/mol. The smallest absolute Gasteiger partial charge is 0.0730 e. The molecule has 0 bridgehead atoms. The minimum atomic E-state index is 0.555. The summed E-state index contributed by atoms with van der Waals surface area (Å²) in [6.07, 6.45) is 0. The van der Waals surface area contributed by atoms with E-state index in [9.17, 15) is 0 Å². The van der Waals surface area contributed by atoms with Crippen molar-refractivity contribution in [3.05, 3.63) is 96.1 Å². The highest BCUT2D eigenvalue weighted by atomic mass is 16.5. The van der Waals surface area contributed by atoms with Crippen molar-refractivity contribution in [3.8, 4) is 0 Å². The number of aromatic nitrogens is 2. The first-order valence-corrected chi connectivity index (χ1v) is 13.9. The molecule has 6 aromatic rings. The van der Waals surface area contributed by atoms with E-state index in [2.05, 4.69) is 97.3 Å². The van der Waals surface area contributed by atoms with E-state index < -0.39 is 0 Å². The fraction of sp³-hybridized carbons (Fsp3) is 0.235. The monoisotopic (exact) mass is 530 g/mol. The number of rotatable bonds is 11. The fourth-order valence-corrected chi connectivity index (χ4v) is 5.21. The van der Waals surface area contributed by atoms with Crippen LogP contribution in [-0.4, -0.2) is 49.5 Å². The molecule has 2 aromatic heterocycles. The number of pyridine rings is 2. The lowest BCUT2D eigenvalue weighted by molar-refractivity contribution is 0.0557. The summed E-state index contributed by atoms with van der Waals surface area (Å²) in [7, 11) is 0. The Morgan fingerprint density at radius 2 is 0.925 bits per heavy atom. The van der Waals surface area contributed by atoms with E-state index in [0.29, 0.717) is 39.5 Å². The molecule has 6 rings (SSSR count). The number of para-hydroxylation sites is 2. The van der Waals surface area contributed by atoms with Crippen LogP contribution in [0.25, 0.3) is 43.6 Å². The van der Waals surface area contributed by atoms with Gasteiger partial charge in [-0.05, 0) is 50.2 Å². The second-order valence-electron chi connectivity index (χ2n) is 10.1. The van der Waals surface area contributed by atoms with Crippen LogP contribution in [0.1, 0.15) is 11.1 Å². The number of hydrogen-bond acceptors (Lipinski definition) is 6. The molecule has 6 heteroatoms. The maximum Gasteiger partial charge on any atom is 0.0730 e. The van der Waals surface area contributed by atoms with E-state index in [1.807, 2.05) is 12.1 Å². The van der Waals surface area contributed by atoms with Crippen LogP contribution in [0.15, 0.2) is 84.9 Å². The molecule has 0 fully saturated rings. The van der Waals surface area contributed by atoms with Crippen LogP contribution < -0.4 is 10.6 Å². The molecule has 6 nitrogen and oxygen atoms in total. The summed E-state index contributed by atoms with van der Waals surface area (Å²) < 4.78 is 11.7. The molecule has 0 aliphatic carbocycles. The Balaban J connectivity index is 0.983. The first-order chi connectivity index (χ1) is 19.7. The van der Waals surface area contributed by atoms with Crippen LogP contribution in [0.3, 0.4) is 0 Å². The van der Waals surface area contributed by atoms with Crippen molar-refractivity contribution in [2.24, 2.45) is 0 Å². The molecule has 0 atom stereocenters. The lowest BCUT2D eigenvalue weighted by Gasteiger charge is -2.14. The van der Waals surface area contributed by atoms with Crippen LogP contribution in [0.5, 0.6) is 0 Å². The molecule has 0 spiro atoms. The molecule has 0 aliphatic rings. The van der Waals surface area contributed by atoms with Gasteiger partial charge in [-0.25, -0.2) is 9.97 Å². The van der Waals surface area contributed by atoms with Gasteiger partial charge in [-0.2, -0.15) is 0 Å². The molecule has 2 N–H and O–H groups in total. The minimum Gasteiger partial charge on any atom is -0.382 e. The summed E-state index contributed by atoms with van der Waals surface area (Å²) >= 11 is 0. The van der Waals surface area contributed by atoms with Crippen molar-refractivity contribution in [2.45, 2.75) is 13.8 Å². The third-order valence-electron chi connectivity index (χ3n) is 7.14. The lowest BCUT2D eigenvalue weighted by Crippen LogP contribution is -2.15. The standard InChI is InChI=1S/C34H34N4O2/c1-23-11-13-31-27(21-23)33(25-7-3-5-9-29(25)37-31)35-15-17-39-19-20-40-18-16-36-34-26-8-4-6-10-30(26)38-32-14-12-24(2)22-28(32)34/h3-14,21-22H,15-20H2,1-2H3,(H,35,37)(H,36,38). The van der Waals surface area contributed by atoms with Gasteiger partial charge in [0, 0.05) is 34.6 Å². The van der Waals surface area contributed by atoms with Crippen molar-refractivity contribution in [1.29, 1.82) is 0 Å². The van der Waals surface area contributed by atoms with Gasteiger partial charge in [0.25, 0.3) is 0 Å². The van der Waals surface area contributed by atoms with Crippen molar-refractivity contribution >= 4 is 55.0 Å². The highest BCUT2D eigenvalue weighted by Gasteiger charge is 2.10. The van der Waals surface area contributed by atoms with Gasteiger partial charge in [0.1, 0.15) is 0 Å². The number of benzene rings is 4. The Hall–Kier alpha value is -4.26. The summed E-state index contributed by atoms with van der Waals surface area (Å²) in [4.78, 5) is 9.66. The van der Waals surface area contributed by atoms with Crippen molar-refractivity contribution < 1.29 is 9.47 Å². The second-order valence-corrected chi connectivity index (χ2v) is 10.1. The molecule has 40 heavy (non-hydrogen) atoms. The number of nitrogens with one attached hydrogen (secondary N) is 2. The van der Waals surface area contributed by atoms with Crippen LogP contribution in [0, 0.1) is 13.8 Å². The maximum atomic E-state index is 5.86. The molecule has 4 aromatic carbocycles. The number of hydrogen-bond donors (Lipinski definition) is 2. The summed E-state index contributed by atoms with van der Waals surface area (Å²) in [5.41, 5.74) is 8.64. The van der Waals surface area contributed by atoms with Gasteiger partial charge < -0.3 is 20.1 Å². The summed E-state index contributed by atoms with van der Waals surface area (Å²) in [6, 6.07) is 29.3. The molecule has 0 amide bonds. The van der Waals surface area contributed by atoms with E-state index in [4.69, 9.17) is 19.4 Å². The zero-order valence-electron chi connectivity index (χ0n) is 23.0. The maximum absolute atomic E-state index is 5.86. The Morgan fingerprint density at radius 3 is 1.40 bits per heavy atom. The van der Waals surface area contributed by atoms with E-state index >= 15 is 0 Å². The number of aryl methyl sites for hydroxylation is 2. The Kier molecular flexibility index (Phi) is 7.71. The third-order valence-corrected chi connectivity index (χ3v) is 7.14. The van der Waals surface area contributed by atoms with Gasteiger partial charge in [-0.3, -0.25) is 0 Å². The molecular formula is C34H34N4O2. The number of anilines is 2. The quantitative estimate of drug-likeness (QED) is 0.136. The van der Waals surface area contributed by atoms with Crippen LogP contribution in [-0.2, 0) is 9.47 Å². The van der Waals surface area contributed by atoms with Gasteiger partial charge >= 0.3 is 0 Å². The van der Waals surface area contributed by atoms with Crippen molar-refractivity contribution in [3.63, 3.8) is 0 Å². The average molecular weight is 531 g/mol. The Morgan fingerprint density at radius 1 is 0.500 bits per heavy atom. The molecule has 0 radical (unpaired) electrons. The normalized spacial score (nSPS) is 11.6. The highest BCUT2D eigenvalue weighted by Crippen LogP contribution is 2.32. The summed E-state index contributed by atoms with van der Waals surface area (Å²) in [5.74, 6) is 0. The molecule has 0 unspecified atom stereocenters.